The minimum atomic E-state index is -1.05. The zero-order chi connectivity index (χ0) is 22.2. The smallest absolute Gasteiger partial charge is 0.405 e. The lowest BCUT2D eigenvalue weighted by molar-refractivity contribution is -0.385. The van der Waals surface area contributed by atoms with Gasteiger partial charge in [0.1, 0.15) is 5.60 Å². The van der Waals surface area contributed by atoms with Crippen molar-refractivity contribution < 1.29 is 33.6 Å². The largest absolute Gasteiger partial charge is 0.486 e. The number of nitro benzene ring substituents is 1. The Bertz CT molecular complexity index is 873. The number of hydrogen-bond donors (Lipinski definition) is 2. The highest BCUT2D eigenvalue weighted by atomic mass is 16.6. The number of carboxylic acids is 1. The van der Waals surface area contributed by atoms with Crippen molar-refractivity contribution in [2.75, 3.05) is 6.61 Å². The van der Waals surface area contributed by atoms with Crippen molar-refractivity contribution in [1.29, 1.82) is 0 Å². The third-order valence-corrected chi connectivity index (χ3v) is 2.91. The van der Waals surface area contributed by atoms with Crippen molar-refractivity contribution in [2.45, 2.75) is 39.7 Å². The van der Waals surface area contributed by atoms with E-state index < -0.39 is 22.6 Å². The number of carbonyl (C=O) groups is 2. The quantitative estimate of drug-likeness (QED) is 0.530. The molecule has 12 heteroatoms. The van der Waals surface area contributed by atoms with Gasteiger partial charge in [-0.1, -0.05) is 5.16 Å². The van der Waals surface area contributed by atoms with Gasteiger partial charge in [-0.25, -0.2) is 4.79 Å². The van der Waals surface area contributed by atoms with Gasteiger partial charge in [0.2, 0.25) is 0 Å². The van der Waals surface area contributed by atoms with Gasteiger partial charge in [-0.2, -0.15) is 4.98 Å². The fraction of sp³-hybridized carbons (Fsp3) is 0.412. The number of rotatable bonds is 6. The minimum Gasteiger partial charge on any atom is -0.486 e. The number of primary amides is 1. The number of carboxylic acid groups (broad SMARTS) is 1. The maximum Gasteiger partial charge on any atom is 0.405 e. The zero-order valence-corrected chi connectivity index (χ0v) is 16.4. The van der Waals surface area contributed by atoms with Crippen LogP contribution in [0.4, 0.5) is 10.5 Å². The molecule has 0 bridgehead atoms. The normalized spacial score (nSPS) is 10.5. The Balaban J connectivity index is 0.000000447. The summed E-state index contributed by atoms with van der Waals surface area (Å²) >= 11 is 0. The third kappa shape index (κ3) is 8.69. The van der Waals surface area contributed by atoms with E-state index >= 15 is 0 Å². The third-order valence-electron chi connectivity index (χ3n) is 2.91. The van der Waals surface area contributed by atoms with Crippen LogP contribution in [-0.2, 0) is 9.53 Å². The number of aliphatic carboxylic acids is 1. The molecule has 0 aliphatic rings. The average Bonchev–Trinajstić information content (AvgIpc) is 2.99. The van der Waals surface area contributed by atoms with Gasteiger partial charge in [0, 0.05) is 11.6 Å². The van der Waals surface area contributed by atoms with E-state index in [9.17, 15) is 19.7 Å². The number of hydrogen-bond acceptors (Lipinski definition) is 9. The van der Waals surface area contributed by atoms with Gasteiger partial charge in [-0.3, -0.25) is 14.9 Å². The van der Waals surface area contributed by atoms with E-state index in [4.69, 9.17) is 20.1 Å². The first-order valence-electron chi connectivity index (χ1n) is 8.31. The van der Waals surface area contributed by atoms with Gasteiger partial charge in [0.15, 0.2) is 11.6 Å². The van der Waals surface area contributed by atoms with E-state index in [1.54, 1.807) is 27.7 Å². The molecule has 1 aromatic heterocycles. The second-order valence-corrected chi connectivity index (χ2v) is 6.61. The van der Waals surface area contributed by atoms with Crippen LogP contribution in [-0.4, -0.2) is 44.4 Å². The van der Waals surface area contributed by atoms with Crippen LogP contribution in [0, 0.1) is 17.0 Å². The Morgan fingerprint density at radius 3 is 2.41 bits per heavy atom. The molecular formula is C17H22N4O8. The molecule has 1 aromatic carbocycles. The van der Waals surface area contributed by atoms with Crippen LogP contribution in [0.3, 0.4) is 0 Å². The van der Waals surface area contributed by atoms with Crippen LogP contribution in [0.5, 0.6) is 5.75 Å². The SMILES string of the molecule is CC(C)(C)OC(N)=O.Cc1noc(-c2ccc(OCCC(=O)O)c([N+](=O)[O-])c2)n1. The molecule has 0 fully saturated rings. The first-order valence-corrected chi connectivity index (χ1v) is 8.31. The number of aryl methyl sites for hydroxylation is 1. The fourth-order valence-electron chi connectivity index (χ4n) is 1.88. The molecule has 12 nitrogen and oxygen atoms in total. The van der Waals surface area contributed by atoms with E-state index in [2.05, 4.69) is 14.9 Å². The highest BCUT2D eigenvalue weighted by Gasteiger charge is 2.19. The van der Waals surface area contributed by atoms with Crippen LogP contribution in [0.25, 0.3) is 11.5 Å². The molecule has 0 aliphatic heterocycles. The summed E-state index contributed by atoms with van der Waals surface area (Å²) in [7, 11) is 0. The molecule has 29 heavy (non-hydrogen) atoms. The van der Waals surface area contributed by atoms with Crippen LogP contribution < -0.4 is 10.5 Å². The lowest BCUT2D eigenvalue weighted by Gasteiger charge is -2.16. The lowest BCUT2D eigenvalue weighted by atomic mass is 10.2. The Kier molecular flexibility index (Phi) is 8.06. The van der Waals surface area contributed by atoms with Gasteiger partial charge in [-0.15, -0.1) is 0 Å². The number of amides is 1. The molecule has 2 aromatic rings. The summed E-state index contributed by atoms with van der Waals surface area (Å²) in [6.45, 7) is 6.76. The van der Waals surface area contributed by atoms with E-state index in [0.717, 1.165) is 0 Å². The van der Waals surface area contributed by atoms with Gasteiger partial charge < -0.3 is 24.8 Å². The van der Waals surface area contributed by atoms with E-state index in [1.165, 1.54) is 18.2 Å². The molecular weight excluding hydrogens is 388 g/mol. The van der Waals surface area contributed by atoms with Crippen LogP contribution >= 0.6 is 0 Å². The fourth-order valence-corrected chi connectivity index (χ4v) is 1.88. The zero-order valence-electron chi connectivity index (χ0n) is 16.4. The first-order chi connectivity index (χ1) is 13.4. The van der Waals surface area contributed by atoms with E-state index in [1.807, 2.05) is 0 Å². The van der Waals surface area contributed by atoms with Crippen molar-refractivity contribution in [1.82, 2.24) is 10.1 Å². The molecule has 0 unspecified atom stereocenters. The predicted octanol–water partition coefficient (Wildman–Crippen LogP) is 2.69. The Hall–Kier alpha value is -3.70. The van der Waals surface area contributed by atoms with E-state index in [0.29, 0.717) is 11.4 Å². The summed E-state index contributed by atoms with van der Waals surface area (Å²) in [4.78, 5) is 34.8. The maximum absolute atomic E-state index is 11.1. The number of carbonyl (C=O) groups excluding carboxylic acids is 1. The standard InChI is InChI=1S/C12H11N3O6.C5H11NO2/c1-7-13-12(21-14-7)8-2-3-10(9(6-8)15(18)19)20-5-4-11(16)17;1-5(2,3)8-4(6)7/h2-3,6H,4-5H2,1H3,(H,16,17);1-3H3,(H2,6,7). The molecule has 1 heterocycles. The summed E-state index contributed by atoms with van der Waals surface area (Å²) in [6.07, 6.45) is -0.973. The molecule has 2 rings (SSSR count). The molecule has 0 spiro atoms. The van der Waals surface area contributed by atoms with Gasteiger partial charge in [0.25, 0.3) is 5.89 Å². The monoisotopic (exact) mass is 410 g/mol. The number of nitrogens with zero attached hydrogens (tertiary/aromatic N) is 3. The number of nitro groups is 1. The second kappa shape index (κ2) is 10.0. The van der Waals surface area contributed by atoms with Gasteiger partial charge in [0.05, 0.1) is 18.0 Å². The highest BCUT2D eigenvalue weighted by molar-refractivity contribution is 5.67. The van der Waals surface area contributed by atoms with Crippen LogP contribution in [0.1, 0.15) is 33.0 Å². The van der Waals surface area contributed by atoms with E-state index in [-0.39, 0.29) is 30.4 Å². The van der Waals surface area contributed by atoms with Crippen molar-refractivity contribution >= 4 is 17.7 Å². The number of nitrogens with two attached hydrogens (primary N) is 1. The van der Waals surface area contributed by atoms with Crippen molar-refractivity contribution in [3.8, 4) is 17.2 Å². The van der Waals surface area contributed by atoms with Crippen LogP contribution in [0.2, 0.25) is 0 Å². The van der Waals surface area contributed by atoms with Crippen LogP contribution in [0.15, 0.2) is 22.7 Å². The number of ether oxygens (including phenoxy) is 2. The van der Waals surface area contributed by atoms with Crippen molar-refractivity contribution in [3.05, 3.63) is 34.1 Å². The molecule has 0 radical (unpaired) electrons. The minimum absolute atomic E-state index is 0.0127. The molecule has 0 atom stereocenters. The summed E-state index contributed by atoms with van der Waals surface area (Å²) in [5.41, 5.74) is 4.35. The predicted molar refractivity (Wildman–Crippen MR) is 99.3 cm³/mol. The molecule has 0 saturated heterocycles. The van der Waals surface area contributed by atoms with Crippen molar-refractivity contribution in [3.63, 3.8) is 0 Å². The number of aromatic nitrogens is 2. The first kappa shape index (κ1) is 23.3. The molecule has 0 aliphatic carbocycles. The van der Waals surface area contributed by atoms with Gasteiger partial charge in [-0.05, 0) is 39.8 Å². The van der Waals surface area contributed by atoms with Crippen molar-refractivity contribution in [2.24, 2.45) is 5.73 Å². The molecule has 1 amide bonds. The topological polar surface area (TPSA) is 181 Å². The number of benzene rings is 1. The Morgan fingerprint density at radius 1 is 1.34 bits per heavy atom. The lowest BCUT2D eigenvalue weighted by Crippen LogP contribution is -2.27. The molecule has 158 valence electrons. The molecule has 3 N–H and O–H groups in total. The Labute approximate surface area is 165 Å². The molecule has 0 saturated carbocycles. The summed E-state index contributed by atoms with van der Waals surface area (Å²) in [6, 6.07) is 4.13. The Morgan fingerprint density at radius 2 is 2.00 bits per heavy atom. The maximum atomic E-state index is 11.1. The highest BCUT2D eigenvalue weighted by Crippen LogP contribution is 2.31. The summed E-state index contributed by atoms with van der Waals surface area (Å²) in [5.74, 6) is -0.487. The summed E-state index contributed by atoms with van der Waals surface area (Å²) < 4.78 is 14.6. The average molecular weight is 410 g/mol. The van der Waals surface area contributed by atoms with Gasteiger partial charge >= 0.3 is 17.7 Å². The summed E-state index contributed by atoms with van der Waals surface area (Å²) in [5, 5.41) is 23.2. The second-order valence-electron chi connectivity index (χ2n) is 6.61.